The zero-order valence-corrected chi connectivity index (χ0v) is 19.0. The minimum Gasteiger partial charge on any atom is -0.507 e. The van der Waals surface area contributed by atoms with E-state index in [4.69, 9.17) is 0 Å². The standard InChI is InChI=1S/C24H19BrFNO3S/c1-14-13-16(6-9-18(14)25)22(28)20-21(19-3-2-12-31-19)27(24(30)23(20)29)11-10-15-4-7-17(26)8-5-15/h2-9,12-13,21,28H,10-11H2,1H3/b22-20-. The van der Waals surface area contributed by atoms with E-state index in [9.17, 15) is 19.1 Å². The summed E-state index contributed by atoms with van der Waals surface area (Å²) in [5.74, 6) is -1.85. The van der Waals surface area contributed by atoms with Gasteiger partial charge in [0, 0.05) is 21.5 Å². The molecule has 3 aromatic rings. The second-order valence-electron chi connectivity index (χ2n) is 7.35. The van der Waals surface area contributed by atoms with Gasteiger partial charge in [-0.05, 0) is 60.2 Å². The van der Waals surface area contributed by atoms with Gasteiger partial charge < -0.3 is 10.0 Å². The van der Waals surface area contributed by atoms with E-state index < -0.39 is 17.7 Å². The third-order valence-corrected chi connectivity index (χ3v) is 7.15. The van der Waals surface area contributed by atoms with Crippen LogP contribution in [0, 0.1) is 12.7 Å². The van der Waals surface area contributed by atoms with Crippen LogP contribution >= 0.6 is 27.3 Å². The fourth-order valence-corrected chi connectivity index (χ4v) is 4.79. The fraction of sp³-hybridized carbons (Fsp3) is 0.167. The first-order valence-corrected chi connectivity index (χ1v) is 11.4. The van der Waals surface area contributed by atoms with Crippen LogP contribution in [0.5, 0.6) is 0 Å². The largest absolute Gasteiger partial charge is 0.507 e. The van der Waals surface area contributed by atoms with Crippen molar-refractivity contribution >= 4 is 44.7 Å². The minimum absolute atomic E-state index is 0.0910. The lowest BCUT2D eigenvalue weighted by molar-refractivity contribution is -0.139. The van der Waals surface area contributed by atoms with Crippen LogP contribution in [0.3, 0.4) is 0 Å². The average Bonchev–Trinajstić information content (AvgIpc) is 3.37. The van der Waals surface area contributed by atoms with Crippen molar-refractivity contribution in [2.45, 2.75) is 19.4 Å². The number of hydrogen-bond acceptors (Lipinski definition) is 4. The first-order valence-electron chi connectivity index (χ1n) is 9.69. The summed E-state index contributed by atoms with van der Waals surface area (Å²) in [4.78, 5) is 28.2. The van der Waals surface area contributed by atoms with Crippen molar-refractivity contribution < 1.29 is 19.1 Å². The Hall–Kier alpha value is -2.77. The van der Waals surface area contributed by atoms with Gasteiger partial charge in [-0.3, -0.25) is 9.59 Å². The third-order valence-electron chi connectivity index (χ3n) is 5.34. The number of hydrogen-bond donors (Lipinski definition) is 1. The highest BCUT2D eigenvalue weighted by atomic mass is 79.9. The maximum atomic E-state index is 13.2. The normalized spacial score (nSPS) is 18.0. The molecule has 0 aliphatic carbocycles. The van der Waals surface area contributed by atoms with Gasteiger partial charge in [-0.15, -0.1) is 11.3 Å². The average molecular weight is 500 g/mol. The van der Waals surface area contributed by atoms with Gasteiger partial charge in [-0.25, -0.2) is 4.39 Å². The summed E-state index contributed by atoms with van der Waals surface area (Å²) in [6.45, 7) is 2.16. The zero-order valence-electron chi connectivity index (χ0n) is 16.6. The van der Waals surface area contributed by atoms with Crippen LogP contribution in [0.25, 0.3) is 5.76 Å². The predicted molar refractivity (Wildman–Crippen MR) is 122 cm³/mol. The third kappa shape index (κ3) is 4.20. The molecule has 1 unspecified atom stereocenters. The zero-order chi connectivity index (χ0) is 22.1. The molecule has 1 aliphatic heterocycles. The summed E-state index contributed by atoms with van der Waals surface area (Å²) in [5, 5.41) is 12.9. The molecule has 1 aromatic heterocycles. The molecule has 0 bridgehead atoms. The number of benzene rings is 2. The molecule has 1 saturated heterocycles. The number of aryl methyl sites for hydroxylation is 1. The van der Waals surface area contributed by atoms with Crippen LogP contribution in [-0.4, -0.2) is 28.2 Å². The van der Waals surface area contributed by atoms with E-state index in [2.05, 4.69) is 15.9 Å². The lowest BCUT2D eigenvalue weighted by Gasteiger charge is -2.24. The van der Waals surface area contributed by atoms with Crippen molar-refractivity contribution in [2.75, 3.05) is 6.54 Å². The summed E-state index contributed by atoms with van der Waals surface area (Å²) >= 11 is 4.86. The summed E-state index contributed by atoms with van der Waals surface area (Å²) in [7, 11) is 0. The molecule has 1 N–H and O–H groups in total. The van der Waals surface area contributed by atoms with Gasteiger partial charge in [-0.1, -0.05) is 40.2 Å². The molecule has 0 spiro atoms. The molecule has 31 heavy (non-hydrogen) atoms. The number of likely N-dealkylation sites (tertiary alicyclic amines) is 1. The van der Waals surface area contributed by atoms with Gasteiger partial charge >= 0.3 is 0 Å². The van der Waals surface area contributed by atoms with Crippen molar-refractivity contribution in [3.63, 3.8) is 0 Å². The number of Topliss-reactive ketones (excluding diaryl/α,β-unsaturated/α-hetero) is 1. The van der Waals surface area contributed by atoms with E-state index in [1.54, 1.807) is 30.3 Å². The van der Waals surface area contributed by atoms with Crippen LogP contribution in [0.2, 0.25) is 0 Å². The van der Waals surface area contributed by atoms with Gasteiger partial charge in [0.15, 0.2) is 0 Å². The number of thiophene rings is 1. The van der Waals surface area contributed by atoms with Gasteiger partial charge in [0.25, 0.3) is 11.7 Å². The van der Waals surface area contributed by atoms with Gasteiger partial charge in [0.2, 0.25) is 0 Å². The fourth-order valence-electron chi connectivity index (χ4n) is 3.70. The smallest absolute Gasteiger partial charge is 0.295 e. The predicted octanol–water partition coefficient (Wildman–Crippen LogP) is 5.62. The van der Waals surface area contributed by atoms with Gasteiger partial charge in [0.05, 0.1) is 11.6 Å². The second kappa shape index (κ2) is 8.77. The molecule has 0 radical (unpaired) electrons. The maximum absolute atomic E-state index is 13.2. The van der Waals surface area contributed by atoms with E-state index in [1.807, 2.05) is 24.4 Å². The van der Waals surface area contributed by atoms with Crippen molar-refractivity contribution in [3.8, 4) is 0 Å². The topological polar surface area (TPSA) is 57.6 Å². The monoisotopic (exact) mass is 499 g/mol. The first-order chi connectivity index (χ1) is 14.9. The lowest BCUT2D eigenvalue weighted by Crippen LogP contribution is -2.31. The second-order valence-corrected chi connectivity index (χ2v) is 9.18. The van der Waals surface area contributed by atoms with Crippen molar-refractivity contribution in [3.05, 3.63) is 97.4 Å². The summed E-state index contributed by atoms with van der Waals surface area (Å²) < 4.78 is 14.1. The van der Waals surface area contributed by atoms with Crippen LogP contribution in [-0.2, 0) is 16.0 Å². The first kappa shape index (κ1) is 21.5. The van der Waals surface area contributed by atoms with Crippen LogP contribution in [0.1, 0.15) is 27.6 Å². The number of aliphatic hydroxyl groups is 1. The Morgan fingerprint density at radius 3 is 2.55 bits per heavy atom. The number of nitrogens with zero attached hydrogens (tertiary/aromatic N) is 1. The van der Waals surface area contributed by atoms with Crippen molar-refractivity contribution in [1.29, 1.82) is 0 Å². The number of rotatable bonds is 5. The molecule has 4 nitrogen and oxygen atoms in total. The molecule has 1 amide bonds. The number of amides is 1. The van der Waals surface area contributed by atoms with Crippen molar-refractivity contribution in [1.82, 2.24) is 4.90 Å². The molecule has 4 rings (SSSR count). The van der Waals surface area contributed by atoms with Gasteiger partial charge in [-0.2, -0.15) is 0 Å². The Kier molecular flexibility index (Phi) is 6.07. The molecular weight excluding hydrogens is 481 g/mol. The van der Waals surface area contributed by atoms with E-state index in [-0.39, 0.29) is 23.7 Å². The van der Waals surface area contributed by atoms with Crippen LogP contribution < -0.4 is 0 Å². The molecule has 1 aliphatic rings. The molecule has 2 heterocycles. The molecule has 7 heteroatoms. The highest BCUT2D eigenvalue weighted by molar-refractivity contribution is 9.10. The molecule has 0 saturated carbocycles. The summed E-state index contributed by atoms with van der Waals surface area (Å²) in [6.07, 6.45) is 0.465. The Balaban J connectivity index is 1.74. The molecule has 158 valence electrons. The highest BCUT2D eigenvalue weighted by Gasteiger charge is 2.46. The number of ketones is 1. The van der Waals surface area contributed by atoms with E-state index in [1.165, 1.54) is 28.4 Å². The quantitative estimate of drug-likeness (QED) is 0.281. The Labute approximate surface area is 191 Å². The number of carbonyl (C=O) groups excluding carboxylic acids is 2. The molecule has 1 atom stereocenters. The van der Waals surface area contributed by atoms with Gasteiger partial charge in [0.1, 0.15) is 11.6 Å². The SMILES string of the molecule is Cc1cc(/C(O)=C2/C(=O)C(=O)N(CCc3ccc(F)cc3)C2c2cccs2)ccc1Br. The number of carbonyl (C=O) groups is 2. The van der Waals surface area contributed by atoms with Crippen LogP contribution in [0.4, 0.5) is 4.39 Å². The summed E-state index contributed by atoms with van der Waals surface area (Å²) in [5.41, 5.74) is 2.34. The lowest BCUT2D eigenvalue weighted by atomic mass is 9.99. The maximum Gasteiger partial charge on any atom is 0.295 e. The summed E-state index contributed by atoms with van der Waals surface area (Å²) in [6, 6.07) is 14.4. The van der Waals surface area contributed by atoms with E-state index in [0.717, 1.165) is 20.5 Å². The molecular formula is C24H19BrFNO3S. The Morgan fingerprint density at radius 1 is 1.16 bits per heavy atom. The van der Waals surface area contributed by atoms with E-state index in [0.29, 0.717) is 12.0 Å². The Morgan fingerprint density at radius 2 is 1.90 bits per heavy atom. The minimum atomic E-state index is -0.699. The van der Waals surface area contributed by atoms with E-state index >= 15 is 0 Å². The van der Waals surface area contributed by atoms with Crippen molar-refractivity contribution in [2.24, 2.45) is 0 Å². The molecule has 1 fully saturated rings. The number of halogens is 2. The van der Waals surface area contributed by atoms with Crippen LogP contribution in [0.15, 0.2) is 70.0 Å². The number of aliphatic hydroxyl groups excluding tert-OH is 1. The highest BCUT2D eigenvalue weighted by Crippen LogP contribution is 2.41. The molecule has 2 aromatic carbocycles. The Bertz CT molecular complexity index is 1170.